The molecule has 11 heteroatoms. The van der Waals surface area contributed by atoms with E-state index in [1.807, 2.05) is 15.9 Å². The lowest BCUT2D eigenvalue weighted by Crippen LogP contribution is -2.51. The monoisotopic (exact) mass is 589 g/mol. The summed E-state index contributed by atoms with van der Waals surface area (Å²) >= 11 is 0. The molecule has 2 atom stereocenters. The molecule has 5 N–H and O–H groups in total. The molecule has 0 aromatic heterocycles. The summed E-state index contributed by atoms with van der Waals surface area (Å²) in [6.45, 7) is 4.17. The van der Waals surface area contributed by atoms with Gasteiger partial charge in [0.15, 0.2) is 0 Å². The number of nitrogens with zero attached hydrogens (tertiary/aromatic N) is 2. The smallest absolute Gasteiger partial charge is 0.268 e. The van der Waals surface area contributed by atoms with Gasteiger partial charge in [0.1, 0.15) is 11.9 Å². The van der Waals surface area contributed by atoms with E-state index in [4.69, 9.17) is 5.21 Å². The van der Waals surface area contributed by atoms with Crippen LogP contribution in [-0.4, -0.2) is 77.8 Å². The average molecular weight is 590 g/mol. The van der Waals surface area contributed by atoms with Crippen LogP contribution in [0.3, 0.4) is 0 Å². The van der Waals surface area contributed by atoms with Gasteiger partial charge >= 0.3 is 0 Å². The number of nitrogens with one attached hydrogen (secondary N) is 3. The lowest BCUT2D eigenvalue weighted by atomic mass is 10.1. The van der Waals surface area contributed by atoms with Crippen LogP contribution < -0.4 is 21.0 Å². The maximum atomic E-state index is 14.0. The van der Waals surface area contributed by atoms with Crippen molar-refractivity contribution in [2.45, 2.75) is 26.5 Å². The van der Waals surface area contributed by atoms with Gasteiger partial charge in [-0.05, 0) is 67.6 Å². The molecule has 43 heavy (non-hydrogen) atoms. The Morgan fingerprint density at radius 1 is 0.907 bits per heavy atom. The summed E-state index contributed by atoms with van der Waals surface area (Å²) < 4.78 is 14.0. The summed E-state index contributed by atoms with van der Waals surface area (Å²) in [5.74, 6) is 4.15. The van der Waals surface area contributed by atoms with Crippen molar-refractivity contribution in [3.63, 3.8) is 0 Å². The van der Waals surface area contributed by atoms with Gasteiger partial charge in [0.05, 0.1) is 18.3 Å². The minimum Gasteiger partial charge on any atom is -0.391 e. The van der Waals surface area contributed by atoms with Crippen LogP contribution >= 0.6 is 0 Å². The van der Waals surface area contributed by atoms with E-state index in [-0.39, 0.29) is 31.3 Å². The summed E-state index contributed by atoms with van der Waals surface area (Å²) in [5, 5.41) is 23.7. The molecule has 10 nitrogen and oxygen atoms in total. The molecule has 0 saturated carbocycles. The number of rotatable bonds is 8. The van der Waals surface area contributed by atoms with Crippen molar-refractivity contribution in [3.05, 3.63) is 95.3 Å². The maximum absolute atomic E-state index is 14.0. The predicted molar refractivity (Wildman–Crippen MR) is 162 cm³/mol. The van der Waals surface area contributed by atoms with E-state index in [9.17, 15) is 23.9 Å². The molecule has 0 bridgehead atoms. The number of benzene rings is 3. The van der Waals surface area contributed by atoms with Crippen LogP contribution in [0.2, 0.25) is 0 Å². The topological polar surface area (TPSA) is 134 Å². The number of aliphatic hydroxyl groups excluding tert-OH is 1. The highest BCUT2D eigenvalue weighted by atomic mass is 19.1. The number of hydrogen-bond donors (Lipinski definition) is 5. The minimum absolute atomic E-state index is 0. The van der Waals surface area contributed by atoms with Crippen molar-refractivity contribution >= 4 is 29.1 Å². The van der Waals surface area contributed by atoms with Crippen molar-refractivity contribution < 1.29 is 29.1 Å². The van der Waals surface area contributed by atoms with Gasteiger partial charge in [-0.1, -0.05) is 31.4 Å². The van der Waals surface area contributed by atoms with Crippen molar-refractivity contribution in [3.8, 4) is 11.8 Å². The fourth-order valence-corrected chi connectivity index (χ4v) is 4.44. The Labute approximate surface area is 250 Å². The van der Waals surface area contributed by atoms with E-state index in [2.05, 4.69) is 22.5 Å². The van der Waals surface area contributed by atoms with Crippen molar-refractivity contribution in [2.75, 3.05) is 42.9 Å². The van der Waals surface area contributed by atoms with Crippen LogP contribution in [0.15, 0.2) is 72.8 Å². The number of hydrogen-bond acceptors (Lipinski definition) is 7. The molecule has 3 aromatic rings. The number of hydroxylamine groups is 1. The van der Waals surface area contributed by atoms with Crippen molar-refractivity contribution in [1.29, 1.82) is 0 Å². The normalized spacial score (nSPS) is 14.3. The van der Waals surface area contributed by atoms with Crippen molar-refractivity contribution in [2.24, 2.45) is 0 Å². The Morgan fingerprint density at radius 3 is 2.05 bits per heavy atom. The molecule has 0 spiro atoms. The lowest BCUT2D eigenvalue weighted by molar-refractivity contribution is -0.133. The quantitative estimate of drug-likeness (QED) is 0.155. The summed E-state index contributed by atoms with van der Waals surface area (Å²) in [4.78, 5) is 40.6. The Bertz CT molecular complexity index is 1460. The first kappa shape index (κ1) is 32.8. The molecule has 226 valence electrons. The molecule has 0 radical (unpaired) electrons. The van der Waals surface area contributed by atoms with Gasteiger partial charge in [-0.2, -0.15) is 0 Å². The van der Waals surface area contributed by atoms with Crippen LogP contribution in [-0.2, 0) is 9.59 Å². The molecular weight excluding hydrogens is 553 g/mol. The molecule has 0 unspecified atom stereocenters. The molecule has 1 aliphatic rings. The number of aliphatic hydroxyl groups is 1. The molecule has 0 aliphatic carbocycles. The van der Waals surface area contributed by atoms with Crippen LogP contribution in [0.25, 0.3) is 0 Å². The Kier molecular flexibility index (Phi) is 11.8. The van der Waals surface area contributed by atoms with E-state index in [1.165, 1.54) is 30.6 Å². The van der Waals surface area contributed by atoms with Crippen LogP contribution in [0.5, 0.6) is 0 Å². The number of amides is 3. The van der Waals surface area contributed by atoms with E-state index >= 15 is 0 Å². The highest BCUT2D eigenvalue weighted by Gasteiger charge is 2.26. The van der Waals surface area contributed by atoms with Crippen molar-refractivity contribution in [1.82, 2.24) is 15.7 Å². The predicted octanol–water partition coefficient (Wildman–Crippen LogP) is 2.61. The number of anilines is 2. The number of para-hydroxylation sites is 1. The van der Waals surface area contributed by atoms with E-state index in [0.717, 1.165) is 5.56 Å². The molecule has 1 aliphatic heterocycles. The lowest BCUT2D eigenvalue weighted by Gasteiger charge is -2.35. The third kappa shape index (κ3) is 9.11. The van der Waals surface area contributed by atoms with Gasteiger partial charge in [0.2, 0.25) is 5.91 Å². The number of halogens is 1. The van der Waals surface area contributed by atoms with Gasteiger partial charge in [0.25, 0.3) is 11.8 Å². The largest absolute Gasteiger partial charge is 0.391 e. The van der Waals surface area contributed by atoms with E-state index in [0.29, 0.717) is 43.1 Å². The second kappa shape index (κ2) is 15.5. The van der Waals surface area contributed by atoms with Gasteiger partial charge in [-0.25, -0.2) is 9.87 Å². The highest BCUT2D eigenvalue weighted by Crippen LogP contribution is 2.20. The molecule has 4 rings (SSSR count). The van der Waals surface area contributed by atoms with Gasteiger partial charge in [-0.15, -0.1) is 0 Å². The van der Waals surface area contributed by atoms with Gasteiger partial charge in [0, 0.05) is 48.6 Å². The Hall–Kier alpha value is -4.76. The number of piperazine rings is 1. The summed E-state index contributed by atoms with van der Waals surface area (Å²) in [6.07, 6.45) is -1.21. The zero-order valence-electron chi connectivity index (χ0n) is 23.0. The second-order valence-electron chi connectivity index (χ2n) is 9.84. The average Bonchev–Trinajstić information content (AvgIpc) is 3.00. The first-order valence-electron chi connectivity index (χ1n) is 13.4. The molecule has 1 saturated heterocycles. The minimum atomic E-state index is -1.31. The van der Waals surface area contributed by atoms with Gasteiger partial charge < -0.3 is 20.6 Å². The third-order valence-corrected chi connectivity index (χ3v) is 6.76. The second-order valence-corrected chi connectivity index (χ2v) is 9.84. The zero-order chi connectivity index (χ0) is 30.1. The Morgan fingerprint density at radius 2 is 1.49 bits per heavy atom. The molecule has 1 fully saturated rings. The van der Waals surface area contributed by atoms with E-state index in [1.54, 1.807) is 48.5 Å². The molecule has 3 amide bonds. The molecule has 3 aromatic carbocycles. The maximum Gasteiger partial charge on any atom is 0.268 e. The zero-order valence-corrected chi connectivity index (χ0v) is 23.0. The molecule has 1 heterocycles. The SMILES string of the molecule is C.C[C@@H](O)[C@H](NC(=O)c1ccc(C#Cc2ccc(NC(=O)CN3CCN(c4ccccc4F)CC3)cc2)cc1)C(=O)NO. The summed E-state index contributed by atoms with van der Waals surface area (Å²) in [5.41, 5.74) is 4.29. The summed E-state index contributed by atoms with van der Waals surface area (Å²) in [7, 11) is 0. The Balaban J connectivity index is 0.00000506. The van der Waals surface area contributed by atoms with Gasteiger partial charge in [-0.3, -0.25) is 24.5 Å². The first-order valence-corrected chi connectivity index (χ1v) is 13.4. The fraction of sp³-hybridized carbons (Fsp3) is 0.281. The number of carbonyl (C=O) groups is 3. The van der Waals surface area contributed by atoms with Crippen LogP contribution in [0.4, 0.5) is 15.8 Å². The van der Waals surface area contributed by atoms with Crippen LogP contribution in [0.1, 0.15) is 35.8 Å². The molecular formula is C32H36FN5O5. The first-order chi connectivity index (χ1) is 20.2. The number of carbonyl (C=O) groups excluding carboxylic acids is 3. The van der Waals surface area contributed by atoms with Crippen LogP contribution in [0, 0.1) is 17.7 Å². The highest BCUT2D eigenvalue weighted by molar-refractivity contribution is 5.97. The van der Waals surface area contributed by atoms with E-state index < -0.39 is 24.0 Å². The third-order valence-electron chi connectivity index (χ3n) is 6.76. The summed E-state index contributed by atoms with van der Waals surface area (Å²) in [6, 6.07) is 18.9. The fourth-order valence-electron chi connectivity index (χ4n) is 4.44. The standard InChI is InChI=1S/C31H32FN5O5.CH4/c1-21(38)29(31(41)35-42)34-30(40)24-12-8-22(9-13-24)6-7-23-10-14-25(15-11-23)33-28(39)20-36-16-18-37(19-17-36)27-5-3-2-4-26(27)32;/h2-5,8-15,21,29,38,42H,16-20H2,1H3,(H,33,39)(H,34,40)(H,35,41);1H4/t21-,29+;/m1./s1.